The van der Waals surface area contributed by atoms with Gasteiger partial charge in [0, 0.05) is 12.4 Å². The van der Waals surface area contributed by atoms with Crippen LogP contribution >= 0.6 is 0 Å². The summed E-state index contributed by atoms with van der Waals surface area (Å²) in [4.78, 5) is 34.6. The molecule has 0 amide bonds. The molecule has 0 aliphatic heterocycles. The summed E-state index contributed by atoms with van der Waals surface area (Å²) in [5.41, 5.74) is 4.14. The van der Waals surface area contributed by atoms with Crippen LogP contribution in [0.2, 0.25) is 0 Å². The van der Waals surface area contributed by atoms with Crippen LogP contribution in [-0.4, -0.2) is 37.6 Å². The molecule has 358 valence electrons. The number of hydrogen-bond acceptors (Lipinski definition) is 10. The Morgan fingerprint density at radius 3 is 1.00 bits per heavy atom. The van der Waals surface area contributed by atoms with E-state index in [-0.39, 0.29) is 0 Å². The van der Waals surface area contributed by atoms with Crippen molar-refractivity contribution in [2.75, 3.05) is 13.2 Å². The van der Waals surface area contributed by atoms with Gasteiger partial charge in [0.1, 0.15) is 46.0 Å². The van der Waals surface area contributed by atoms with Gasteiger partial charge in [0.25, 0.3) is 0 Å². The topological polar surface area (TPSA) is 114 Å². The van der Waals surface area contributed by atoms with Gasteiger partial charge < -0.3 is 28.4 Å². The largest absolute Gasteiger partial charge is 0.494 e. The van der Waals surface area contributed by atoms with Gasteiger partial charge in [-0.2, -0.15) is 0 Å². The molecular weight excluding hydrogens is 877 g/mol. The Labute approximate surface area is 411 Å². The molecule has 0 aliphatic rings. The van der Waals surface area contributed by atoms with Gasteiger partial charge >= 0.3 is 11.9 Å². The summed E-state index contributed by atoms with van der Waals surface area (Å²) in [5, 5.41) is 0. The number of nitrogens with zero attached hydrogens (tertiary/aromatic N) is 2. The third-order valence-electron chi connectivity index (χ3n) is 11.1. The van der Waals surface area contributed by atoms with Gasteiger partial charge in [0.2, 0.25) is 0 Å². The van der Waals surface area contributed by atoms with Crippen LogP contribution in [0.3, 0.4) is 0 Å². The first kappa shape index (κ1) is 49.9. The van der Waals surface area contributed by atoms with E-state index in [0.717, 1.165) is 59.7 Å². The van der Waals surface area contributed by atoms with Crippen LogP contribution in [-0.2, 0) is 0 Å². The van der Waals surface area contributed by atoms with E-state index in [9.17, 15) is 9.59 Å². The lowest BCUT2D eigenvalue weighted by Gasteiger charge is -2.09. The number of esters is 2. The number of unbranched alkanes of at least 4 members (excludes halogenated alkanes) is 8. The lowest BCUT2D eigenvalue weighted by molar-refractivity contribution is 0.0725. The van der Waals surface area contributed by atoms with Gasteiger partial charge in [0.15, 0.2) is 0 Å². The summed E-state index contributed by atoms with van der Waals surface area (Å²) in [6, 6.07) is 50.8. The van der Waals surface area contributed by atoms with Crippen molar-refractivity contribution < 1.29 is 38.0 Å². The van der Waals surface area contributed by atoms with Crippen molar-refractivity contribution in [3.63, 3.8) is 0 Å². The van der Waals surface area contributed by atoms with E-state index in [2.05, 4.69) is 23.8 Å². The third-order valence-corrected chi connectivity index (χ3v) is 11.1. The number of aliphatic imine (C=N–C) groups is 2. The van der Waals surface area contributed by atoms with E-state index >= 15 is 0 Å². The molecule has 10 nitrogen and oxygen atoms in total. The van der Waals surface area contributed by atoms with Crippen LogP contribution in [0.25, 0.3) is 0 Å². The summed E-state index contributed by atoms with van der Waals surface area (Å²) in [6.45, 7) is 5.75. The minimum Gasteiger partial charge on any atom is -0.494 e. The molecule has 0 atom stereocenters. The van der Waals surface area contributed by atoms with Crippen molar-refractivity contribution in [2.24, 2.45) is 9.98 Å². The number of benzene rings is 7. The van der Waals surface area contributed by atoms with Crippen molar-refractivity contribution in [1.29, 1.82) is 0 Å². The fraction of sp³-hybridized carbons (Fsp3) is 0.233. The van der Waals surface area contributed by atoms with E-state index in [1.807, 2.05) is 97.1 Å². The first-order valence-electron chi connectivity index (χ1n) is 24.2. The van der Waals surface area contributed by atoms with Gasteiger partial charge in [-0.25, -0.2) is 9.59 Å². The highest BCUT2D eigenvalue weighted by Gasteiger charge is 2.11. The number of carbonyl (C=O) groups is 2. The number of rotatable bonds is 26. The highest BCUT2D eigenvalue weighted by molar-refractivity contribution is 5.92. The Balaban J connectivity index is 0.798. The van der Waals surface area contributed by atoms with Crippen LogP contribution in [0.15, 0.2) is 180 Å². The molecule has 0 aliphatic carbocycles. The van der Waals surface area contributed by atoms with Crippen LogP contribution in [0.4, 0.5) is 11.4 Å². The number of hydrogen-bond donors (Lipinski definition) is 0. The minimum absolute atomic E-state index is 0.430. The van der Waals surface area contributed by atoms with Crippen molar-refractivity contribution in [1.82, 2.24) is 0 Å². The monoisotopic (exact) mass is 936 g/mol. The Morgan fingerprint density at radius 1 is 0.357 bits per heavy atom. The van der Waals surface area contributed by atoms with Crippen LogP contribution in [0.1, 0.15) is 110 Å². The molecular formula is C60H60N2O8. The quantitative estimate of drug-likeness (QED) is 0.0228. The average Bonchev–Trinajstić information content (AvgIpc) is 3.39. The SMILES string of the molecule is CCCCCCCOc1ccc(C(=O)Oc2ccc(C=Nc3ccc(Oc4ccc(Oc5ccc(N=Cc6ccc(OC(=O)c7ccc(OCCCCCCC)cc7)cc6)cc5)cc4)cc3)cc2)cc1. The zero-order valence-corrected chi connectivity index (χ0v) is 40.0. The molecule has 7 aromatic carbocycles. The maximum absolute atomic E-state index is 12.7. The fourth-order valence-corrected chi connectivity index (χ4v) is 7.09. The molecule has 70 heavy (non-hydrogen) atoms. The highest BCUT2D eigenvalue weighted by Crippen LogP contribution is 2.29. The van der Waals surface area contributed by atoms with Crippen molar-refractivity contribution >= 4 is 35.7 Å². The zero-order chi connectivity index (χ0) is 48.6. The Bertz CT molecular complexity index is 2520. The Hall–Kier alpha value is -7.98. The maximum atomic E-state index is 12.7. The summed E-state index contributed by atoms with van der Waals surface area (Å²) < 4.78 is 34.9. The molecule has 0 radical (unpaired) electrons. The Morgan fingerprint density at radius 2 is 0.657 bits per heavy atom. The van der Waals surface area contributed by atoms with Gasteiger partial charge in [-0.1, -0.05) is 65.2 Å². The van der Waals surface area contributed by atoms with E-state index in [1.54, 1.807) is 85.2 Å². The first-order valence-corrected chi connectivity index (χ1v) is 24.2. The van der Waals surface area contributed by atoms with Crippen molar-refractivity contribution in [3.05, 3.63) is 192 Å². The molecule has 0 unspecified atom stereocenters. The molecule has 0 heterocycles. The normalized spacial score (nSPS) is 11.1. The van der Waals surface area contributed by atoms with Gasteiger partial charge in [0.05, 0.1) is 35.7 Å². The van der Waals surface area contributed by atoms with E-state index in [4.69, 9.17) is 28.4 Å². The first-order chi connectivity index (χ1) is 34.4. The second kappa shape index (κ2) is 27.1. The zero-order valence-electron chi connectivity index (χ0n) is 40.0. The molecule has 7 aromatic rings. The molecule has 7 rings (SSSR count). The third kappa shape index (κ3) is 16.7. The second-order valence-electron chi connectivity index (χ2n) is 16.7. The molecule has 0 bridgehead atoms. The number of ether oxygens (including phenoxy) is 6. The predicted octanol–water partition coefficient (Wildman–Crippen LogP) is 15.9. The smallest absolute Gasteiger partial charge is 0.343 e. The number of carbonyl (C=O) groups excluding carboxylic acids is 2. The van der Waals surface area contributed by atoms with Gasteiger partial charge in [-0.05, 0) is 194 Å². The van der Waals surface area contributed by atoms with Crippen LogP contribution < -0.4 is 28.4 Å². The lowest BCUT2D eigenvalue weighted by Crippen LogP contribution is -2.08. The molecule has 0 spiro atoms. The molecule has 0 aromatic heterocycles. The highest BCUT2D eigenvalue weighted by atomic mass is 16.5. The Kier molecular flexibility index (Phi) is 19.3. The van der Waals surface area contributed by atoms with Crippen molar-refractivity contribution in [2.45, 2.75) is 78.1 Å². The van der Waals surface area contributed by atoms with Crippen LogP contribution in [0, 0.1) is 0 Å². The fourth-order valence-electron chi connectivity index (χ4n) is 7.09. The summed E-state index contributed by atoms with van der Waals surface area (Å²) in [6.07, 6.45) is 15.3. The molecule has 0 saturated heterocycles. The summed E-state index contributed by atoms with van der Waals surface area (Å²) in [7, 11) is 0. The molecule has 0 saturated carbocycles. The van der Waals surface area contributed by atoms with E-state index in [1.165, 1.54) is 38.5 Å². The average molecular weight is 937 g/mol. The second-order valence-corrected chi connectivity index (χ2v) is 16.7. The molecule has 10 heteroatoms. The van der Waals surface area contributed by atoms with Gasteiger partial charge in [-0.15, -0.1) is 0 Å². The van der Waals surface area contributed by atoms with Crippen LogP contribution in [0.5, 0.6) is 46.0 Å². The molecule has 0 fully saturated rings. The summed E-state index contributed by atoms with van der Waals surface area (Å²) in [5.74, 6) is 4.18. The summed E-state index contributed by atoms with van der Waals surface area (Å²) >= 11 is 0. The van der Waals surface area contributed by atoms with E-state index in [0.29, 0.717) is 58.8 Å². The van der Waals surface area contributed by atoms with Gasteiger partial charge in [-0.3, -0.25) is 9.98 Å². The lowest BCUT2D eigenvalue weighted by atomic mass is 10.2. The minimum atomic E-state index is -0.430. The maximum Gasteiger partial charge on any atom is 0.343 e. The van der Waals surface area contributed by atoms with E-state index < -0.39 is 11.9 Å². The standard InChI is InChI=1S/C60H60N2O8/c1-3-5-7-9-11-41-65-51-29-17-47(18-30-51)59(63)69-57-25-13-45(14-26-57)43-61-49-21-33-53(34-22-49)67-55-37-39-56(40-38-55)68-54-35-23-50(24-36-54)62-44-46-15-27-58(28-16-46)70-60(64)48-19-31-52(32-20-48)66-42-12-10-8-6-4-2/h13-40,43-44H,3-12,41-42H2,1-2H3. The van der Waals surface area contributed by atoms with Crippen molar-refractivity contribution in [3.8, 4) is 46.0 Å². The molecule has 0 N–H and O–H groups in total. The predicted molar refractivity (Wildman–Crippen MR) is 278 cm³/mol.